The number of benzene rings is 8. The Kier molecular flexibility index (Phi) is 11.9. The number of aryl methyl sites for hydroxylation is 2. The van der Waals surface area contributed by atoms with Gasteiger partial charge in [0.05, 0.1) is 23.2 Å². The molecule has 0 N–H and O–H groups in total. The first-order chi connectivity index (χ1) is 31.8. The molecular weight excluding hydrogens is 789 g/mol. The summed E-state index contributed by atoms with van der Waals surface area (Å²) in [6, 6.07) is 67.1. The predicted molar refractivity (Wildman–Crippen MR) is 272 cm³/mol. The van der Waals surface area contributed by atoms with Crippen molar-refractivity contribution in [2.24, 2.45) is 0 Å². The van der Waals surface area contributed by atoms with Gasteiger partial charge in [-0.1, -0.05) is 175 Å². The lowest BCUT2D eigenvalue weighted by molar-refractivity contribution is 1.02. The van der Waals surface area contributed by atoms with Gasteiger partial charge in [0.25, 0.3) is 0 Å². The molecule has 0 radical (unpaired) electrons. The first-order valence-corrected chi connectivity index (χ1v) is 21.9. The molecule has 65 heavy (non-hydrogen) atoms. The zero-order valence-corrected chi connectivity index (χ0v) is 36.9. The second-order valence-corrected chi connectivity index (χ2v) is 16.7. The van der Waals surface area contributed by atoms with Crippen LogP contribution >= 0.6 is 0 Å². The highest BCUT2D eigenvalue weighted by Crippen LogP contribution is 2.57. The third kappa shape index (κ3) is 8.93. The number of rotatable bonds is 12. The molecule has 0 bridgehead atoms. The van der Waals surface area contributed by atoms with Crippen LogP contribution in [0.3, 0.4) is 0 Å². The Morgan fingerprint density at radius 2 is 1.00 bits per heavy atom. The normalized spacial score (nSPS) is 14.5. The number of anilines is 4. The number of nitriles is 2. The van der Waals surface area contributed by atoms with Crippen molar-refractivity contribution in [3.63, 3.8) is 0 Å². The first-order valence-electron chi connectivity index (χ1n) is 21.9. The summed E-state index contributed by atoms with van der Waals surface area (Å²) in [5, 5.41) is 22.4. The molecule has 1 fully saturated rings. The highest BCUT2D eigenvalue weighted by molar-refractivity contribution is 5.98. The summed E-state index contributed by atoms with van der Waals surface area (Å²) in [5.74, 6) is 0. The standard InChI is InChI=1S/C61H48N4/c1-42(15-21-46-26-35-54(36-27-46)65-60(49-11-7-5-8-12-49)61(65)50-29-16-43(2)17-30-50)20-37-55-45(4)58(40-62)56-38-28-48(39-57(56)59(55)41-63)23-22-47-24-33-53(34-25-47)64(51-13-9-6-10-14-51)52-31-18-44(3)19-32-52/h5-39,60-61H,1H2,2-4H3/b21-15-,23-22-,37-20-. The van der Waals surface area contributed by atoms with Gasteiger partial charge in [-0.05, 0) is 120 Å². The van der Waals surface area contributed by atoms with Crippen LogP contribution in [0, 0.1) is 43.4 Å². The van der Waals surface area contributed by atoms with Crippen molar-refractivity contribution in [2.75, 3.05) is 9.80 Å². The lowest BCUT2D eigenvalue weighted by Gasteiger charge is -2.25. The summed E-state index contributed by atoms with van der Waals surface area (Å²) in [5.41, 5.74) is 15.9. The van der Waals surface area contributed by atoms with Gasteiger partial charge in [-0.25, -0.2) is 0 Å². The molecule has 4 heteroatoms. The van der Waals surface area contributed by atoms with Crippen LogP contribution in [-0.2, 0) is 0 Å². The van der Waals surface area contributed by atoms with E-state index in [1.54, 1.807) is 0 Å². The minimum absolute atomic E-state index is 0.289. The average molecular weight is 837 g/mol. The van der Waals surface area contributed by atoms with Crippen LogP contribution in [0.4, 0.5) is 22.7 Å². The van der Waals surface area contributed by atoms with Gasteiger partial charge in [0.15, 0.2) is 0 Å². The van der Waals surface area contributed by atoms with E-state index in [0.29, 0.717) is 11.1 Å². The number of allylic oxidation sites excluding steroid dienone is 3. The average Bonchev–Trinajstić information content (AvgIpc) is 4.10. The second-order valence-electron chi connectivity index (χ2n) is 16.7. The Morgan fingerprint density at radius 1 is 0.508 bits per heavy atom. The number of hydrogen-bond donors (Lipinski definition) is 0. The lowest BCUT2D eigenvalue weighted by atomic mass is 9.89. The SMILES string of the molecule is C=C(/C=C\c1ccc(N2C(c3ccccc3)C2c2ccc(C)cc2)cc1)/C=C\c1c(C)c(C#N)c2ccc(/C=C\c3ccc(N(c4ccccc4)c4ccc(C)cc4)cc3)cc2c1C#N. The minimum Gasteiger partial charge on any atom is -0.353 e. The Hall–Kier alpha value is -8.44. The summed E-state index contributed by atoms with van der Waals surface area (Å²) in [6.07, 6.45) is 12.0. The van der Waals surface area contributed by atoms with Crippen molar-refractivity contribution in [3.05, 3.63) is 261 Å². The van der Waals surface area contributed by atoms with E-state index in [0.717, 1.165) is 61.2 Å². The molecule has 0 saturated carbocycles. The van der Waals surface area contributed by atoms with Crippen molar-refractivity contribution in [1.82, 2.24) is 0 Å². The van der Waals surface area contributed by atoms with Gasteiger partial charge < -0.3 is 9.80 Å². The maximum Gasteiger partial charge on any atom is 0.100 e. The Morgan fingerprint density at radius 3 is 1.63 bits per heavy atom. The molecule has 1 aliphatic rings. The van der Waals surface area contributed by atoms with Gasteiger partial charge in [-0.2, -0.15) is 10.5 Å². The fourth-order valence-electron chi connectivity index (χ4n) is 8.74. The van der Waals surface area contributed by atoms with Crippen molar-refractivity contribution < 1.29 is 0 Å². The van der Waals surface area contributed by atoms with Crippen molar-refractivity contribution in [3.8, 4) is 12.1 Å². The molecule has 312 valence electrons. The molecule has 0 aliphatic carbocycles. The zero-order chi connectivity index (χ0) is 44.9. The highest BCUT2D eigenvalue weighted by Gasteiger charge is 2.49. The van der Waals surface area contributed by atoms with Crippen LogP contribution in [0.2, 0.25) is 0 Å². The second kappa shape index (κ2) is 18.5. The van der Waals surface area contributed by atoms with Crippen molar-refractivity contribution >= 4 is 57.8 Å². The van der Waals surface area contributed by atoms with E-state index in [4.69, 9.17) is 0 Å². The minimum atomic E-state index is 0.289. The highest BCUT2D eigenvalue weighted by atomic mass is 15.4. The molecule has 1 saturated heterocycles. The van der Waals surface area contributed by atoms with Gasteiger partial charge in [-0.3, -0.25) is 0 Å². The topological polar surface area (TPSA) is 53.8 Å². The van der Waals surface area contributed by atoms with Crippen LogP contribution in [0.25, 0.3) is 35.1 Å². The zero-order valence-electron chi connectivity index (χ0n) is 36.9. The quantitative estimate of drug-likeness (QED) is 0.0699. The molecule has 4 nitrogen and oxygen atoms in total. The Balaban J connectivity index is 0.922. The monoisotopic (exact) mass is 836 g/mol. The summed E-state index contributed by atoms with van der Waals surface area (Å²) < 4.78 is 0. The molecule has 0 aromatic heterocycles. The largest absolute Gasteiger partial charge is 0.353 e. The molecular formula is C61H48N4. The van der Waals surface area contributed by atoms with Crippen LogP contribution in [0.15, 0.2) is 200 Å². The van der Waals surface area contributed by atoms with E-state index < -0.39 is 0 Å². The van der Waals surface area contributed by atoms with E-state index in [2.05, 4.69) is 212 Å². The number of nitrogens with zero attached hydrogens (tertiary/aromatic N) is 4. The number of fused-ring (bicyclic) bond motifs is 1. The smallest absolute Gasteiger partial charge is 0.100 e. The predicted octanol–water partition coefficient (Wildman–Crippen LogP) is 15.7. The lowest BCUT2D eigenvalue weighted by Crippen LogP contribution is -2.09. The van der Waals surface area contributed by atoms with E-state index >= 15 is 0 Å². The Labute approximate surface area is 382 Å². The van der Waals surface area contributed by atoms with Gasteiger partial charge in [0.2, 0.25) is 0 Å². The molecule has 9 rings (SSSR count). The fraction of sp³-hybridized carbons (Fsp3) is 0.0820. The van der Waals surface area contributed by atoms with E-state index in [-0.39, 0.29) is 12.1 Å². The van der Waals surface area contributed by atoms with E-state index in [9.17, 15) is 10.5 Å². The summed E-state index contributed by atoms with van der Waals surface area (Å²) in [7, 11) is 0. The summed E-state index contributed by atoms with van der Waals surface area (Å²) in [6.45, 7) is 10.4. The van der Waals surface area contributed by atoms with Gasteiger partial charge >= 0.3 is 0 Å². The molecule has 2 unspecified atom stereocenters. The van der Waals surface area contributed by atoms with Crippen LogP contribution in [0.1, 0.15) is 73.3 Å². The first kappa shape index (κ1) is 41.9. The summed E-state index contributed by atoms with van der Waals surface area (Å²) >= 11 is 0. The van der Waals surface area contributed by atoms with Gasteiger partial charge in [0.1, 0.15) is 12.1 Å². The molecule has 8 aromatic rings. The van der Waals surface area contributed by atoms with Gasteiger partial charge in [0, 0.05) is 33.5 Å². The maximum atomic E-state index is 10.6. The maximum absolute atomic E-state index is 10.6. The van der Waals surface area contributed by atoms with Crippen LogP contribution < -0.4 is 9.80 Å². The van der Waals surface area contributed by atoms with Crippen LogP contribution in [-0.4, -0.2) is 0 Å². The van der Waals surface area contributed by atoms with Crippen molar-refractivity contribution in [1.29, 1.82) is 10.5 Å². The van der Waals surface area contributed by atoms with Crippen LogP contribution in [0.5, 0.6) is 0 Å². The number of hydrogen-bond acceptors (Lipinski definition) is 4. The van der Waals surface area contributed by atoms with E-state index in [1.807, 2.05) is 49.4 Å². The fourth-order valence-corrected chi connectivity index (χ4v) is 8.74. The van der Waals surface area contributed by atoms with Gasteiger partial charge in [-0.15, -0.1) is 0 Å². The third-order valence-electron chi connectivity index (χ3n) is 12.3. The molecule has 0 spiro atoms. The molecule has 1 heterocycles. The Bertz CT molecular complexity index is 3180. The molecule has 1 aliphatic heterocycles. The third-order valence-corrected chi connectivity index (χ3v) is 12.3. The van der Waals surface area contributed by atoms with Crippen molar-refractivity contribution in [2.45, 2.75) is 32.9 Å². The van der Waals surface area contributed by atoms with E-state index in [1.165, 1.54) is 27.9 Å². The molecule has 2 atom stereocenters. The summed E-state index contributed by atoms with van der Waals surface area (Å²) in [4.78, 5) is 4.73. The number of para-hydroxylation sites is 1. The molecule has 8 aromatic carbocycles. The molecule has 0 amide bonds.